The fourth-order valence-electron chi connectivity index (χ4n) is 2.98. The number of rotatable bonds is 3. The number of nitrogens with one attached hydrogen (secondary N) is 2. The van der Waals surface area contributed by atoms with E-state index in [1.807, 2.05) is 25.1 Å². The Kier molecular flexibility index (Phi) is 4.01. The van der Waals surface area contributed by atoms with Gasteiger partial charge in [-0.1, -0.05) is 6.92 Å². The first kappa shape index (κ1) is 14.2. The summed E-state index contributed by atoms with van der Waals surface area (Å²) in [5.41, 5.74) is 0.765. The second-order valence-corrected chi connectivity index (χ2v) is 6.12. The van der Waals surface area contributed by atoms with Crippen LogP contribution < -0.4 is 19.7 Å². The minimum Gasteiger partial charge on any atom is -0.454 e. The summed E-state index contributed by atoms with van der Waals surface area (Å²) in [5.74, 6) is 2.28. The molecule has 0 bridgehead atoms. The van der Waals surface area contributed by atoms with Crippen molar-refractivity contribution in [1.82, 2.24) is 0 Å². The standard InChI is InChI=1S/C16H22N2O3/c1-11-5-7-18(8-6-11)12(2)16(19)17-13-3-4-14-15(9-13)21-10-20-14/h3-4,9,11-12H,5-8,10H2,1-2H3,(H,17,19)/p+1/t12-/m1/s1. The maximum atomic E-state index is 12.4. The Morgan fingerprint density at radius 3 is 2.76 bits per heavy atom. The Morgan fingerprint density at radius 2 is 2.00 bits per heavy atom. The number of carbonyl (C=O) groups excluding carboxylic acids is 1. The van der Waals surface area contributed by atoms with Crippen LogP contribution in [0.3, 0.4) is 0 Å². The fourth-order valence-corrected chi connectivity index (χ4v) is 2.98. The van der Waals surface area contributed by atoms with Gasteiger partial charge in [-0.15, -0.1) is 0 Å². The molecule has 0 aliphatic carbocycles. The minimum absolute atomic E-state index is 0.0251. The summed E-state index contributed by atoms with van der Waals surface area (Å²) in [6.07, 6.45) is 2.41. The highest BCUT2D eigenvalue weighted by atomic mass is 16.7. The zero-order valence-corrected chi connectivity index (χ0v) is 12.6. The molecule has 0 radical (unpaired) electrons. The number of benzene rings is 1. The van der Waals surface area contributed by atoms with Crippen molar-refractivity contribution >= 4 is 11.6 Å². The number of fused-ring (bicyclic) bond motifs is 1. The average Bonchev–Trinajstić information content (AvgIpc) is 2.95. The van der Waals surface area contributed by atoms with Crippen LogP contribution in [0.25, 0.3) is 0 Å². The lowest BCUT2D eigenvalue weighted by Gasteiger charge is -2.31. The van der Waals surface area contributed by atoms with E-state index in [2.05, 4.69) is 12.2 Å². The van der Waals surface area contributed by atoms with Gasteiger partial charge in [0, 0.05) is 11.8 Å². The number of anilines is 1. The Morgan fingerprint density at radius 1 is 1.29 bits per heavy atom. The van der Waals surface area contributed by atoms with Crippen molar-refractivity contribution in [3.8, 4) is 11.5 Å². The molecule has 2 heterocycles. The number of hydrogen-bond donors (Lipinski definition) is 2. The third-order valence-corrected chi connectivity index (χ3v) is 4.56. The van der Waals surface area contributed by atoms with Crippen molar-refractivity contribution in [2.24, 2.45) is 5.92 Å². The van der Waals surface area contributed by atoms with E-state index in [4.69, 9.17) is 9.47 Å². The molecule has 5 heteroatoms. The molecule has 1 fully saturated rings. The lowest BCUT2D eigenvalue weighted by molar-refractivity contribution is -0.919. The average molecular weight is 291 g/mol. The van der Waals surface area contributed by atoms with E-state index in [1.54, 1.807) is 0 Å². The van der Waals surface area contributed by atoms with Gasteiger partial charge in [-0.05, 0) is 37.8 Å². The van der Waals surface area contributed by atoms with E-state index >= 15 is 0 Å². The van der Waals surface area contributed by atoms with Crippen LogP contribution in [0.1, 0.15) is 26.7 Å². The second-order valence-electron chi connectivity index (χ2n) is 6.12. The van der Waals surface area contributed by atoms with E-state index in [0.29, 0.717) is 5.75 Å². The molecule has 1 aromatic carbocycles. The monoisotopic (exact) mass is 291 g/mol. The van der Waals surface area contributed by atoms with Crippen LogP contribution in [0.2, 0.25) is 0 Å². The van der Waals surface area contributed by atoms with E-state index in [0.717, 1.165) is 30.4 Å². The minimum atomic E-state index is -0.0251. The zero-order chi connectivity index (χ0) is 14.8. The molecule has 0 saturated carbocycles. The molecule has 0 unspecified atom stereocenters. The molecule has 0 aromatic heterocycles. The molecule has 21 heavy (non-hydrogen) atoms. The van der Waals surface area contributed by atoms with E-state index < -0.39 is 0 Å². The predicted molar refractivity (Wildman–Crippen MR) is 79.8 cm³/mol. The second kappa shape index (κ2) is 5.93. The van der Waals surface area contributed by atoms with Crippen molar-refractivity contribution < 1.29 is 19.2 Å². The third kappa shape index (κ3) is 3.13. The molecule has 1 saturated heterocycles. The number of hydrogen-bond acceptors (Lipinski definition) is 3. The van der Waals surface area contributed by atoms with E-state index in [1.165, 1.54) is 17.7 Å². The lowest BCUT2D eigenvalue weighted by atomic mass is 9.98. The van der Waals surface area contributed by atoms with Gasteiger partial charge in [0.15, 0.2) is 17.5 Å². The maximum Gasteiger partial charge on any atom is 0.282 e. The first-order valence-corrected chi connectivity index (χ1v) is 7.68. The highest BCUT2D eigenvalue weighted by molar-refractivity contribution is 5.93. The van der Waals surface area contributed by atoms with Crippen LogP contribution in [0.15, 0.2) is 18.2 Å². The van der Waals surface area contributed by atoms with Gasteiger partial charge in [0.05, 0.1) is 13.1 Å². The number of amides is 1. The van der Waals surface area contributed by atoms with Crippen LogP contribution in [0.5, 0.6) is 11.5 Å². The molecule has 1 amide bonds. The summed E-state index contributed by atoms with van der Waals surface area (Å²) in [4.78, 5) is 13.8. The quantitative estimate of drug-likeness (QED) is 0.875. The molecule has 0 spiro atoms. The van der Waals surface area contributed by atoms with Crippen LogP contribution >= 0.6 is 0 Å². The summed E-state index contributed by atoms with van der Waals surface area (Å²) in [6, 6.07) is 5.48. The summed E-state index contributed by atoms with van der Waals surface area (Å²) in [7, 11) is 0. The van der Waals surface area contributed by atoms with Crippen molar-refractivity contribution in [3.63, 3.8) is 0 Å². The van der Waals surface area contributed by atoms with Gasteiger partial charge in [0.25, 0.3) is 5.91 Å². The number of carbonyl (C=O) groups is 1. The topological polar surface area (TPSA) is 52.0 Å². The molecular formula is C16H23N2O3+. The van der Waals surface area contributed by atoms with Gasteiger partial charge in [-0.2, -0.15) is 0 Å². The van der Waals surface area contributed by atoms with Crippen molar-refractivity contribution in [2.45, 2.75) is 32.7 Å². The number of piperidine rings is 1. The largest absolute Gasteiger partial charge is 0.454 e. The van der Waals surface area contributed by atoms with Crippen LogP contribution in [0, 0.1) is 5.92 Å². The van der Waals surface area contributed by atoms with Crippen LogP contribution in [-0.4, -0.2) is 31.8 Å². The summed E-state index contributed by atoms with van der Waals surface area (Å²) in [6.45, 7) is 6.70. The van der Waals surface area contributed by atoms with E-state index in [9.17, 15) is 4.79 Å². The van der Waals surface area contributed by atoms with Crippen molar-refractivity contribution in [3.05, 3.63) is 18.2 Å². The highest BCUT2D eigenvalue weighted by Crippen LogP contribution is 2.34. The molecule has 2 aliphatic rings. The van der Waals surface area contributed by atoms with Crippen molar-refractivity contribution in [2.75, 3.05) is 25.2 Å². The Labute approximate surface area is 125 Å². The first-order chi connectivity index (χ1) is 10.1. The Hall–Kier alpha value is -1.75. The predicted octanol–water partition coefficient (Wildman–Crippen LogP) is 1.06. The summed E-state index contributed by atoms with van der Waals surface area (Å²) < 4.78 is 10.6. The summed E-state index contributed by atoms with van der Waals surface area (Å²) >= 11 is 0. The molecule has 2 aliphatic heterocycles. The SMILES string of the molecule is CC1CC[NH+]([C@H](C)C(=O)Nc2ccc3c(c2)OCO3)CC1. The third-order valence-electron chi connectivity index (χ3n) is 4.56. The first-order valence-electron chi connectivity index (χ1n) is 7.68. The Bertz CT molecular complexity index is 524. The smallest absolute Gasteiger partial charge is 0.282 e. The molecule has 1 atom stereocenters. The van der Waals surface area contributed by atoms with Gasteiger partial charge in [-0.25, -0.2) is 0 Å². The van der Waals surface area contributed by atoms with Gasteiger partial charge in [-0.3, -0.25) is 4.79 Å². The normalized spacial score (nSPS) is 25.4. The maximum absolute atomic E-state index is 12.4. The molecule has 114 valence electrons. The zero-order valence-electron chi connectivity index (χ0n) is 12.6. The molecule has 2 N–H and O–H groups in total. The molecule has 3 rings (SSSR count). The summed E-state index contributed by atoms with van der Waals surface area (Å²) in [5, 5.41) is 2.98. The number of quaternary nitrogens is 1. The molecule has 1 aromatic rings. The van der Waals surface area contributed by atoms with Gasteiger partial charge in [0.2, 0.25) is 6.79 Å². The van der Waals surface area contributed by atoms with E-state index in [-0.39, 0.29) is 18.7 Å². The lowest BCUT2D eigenvalue weighted by Crippen LogP contribution is -3.17. The van der Waals surface area contributed by atoms with Gasteiger partial charge < -0.3 is 19.7 Å². The fraction of sp³-hybridized carbons (Fsp3) is 0.562. The molecular weight excluding hydrogens is 268 g/mol. The van der Waals surface area contributed by atoms with Crippen LogP contribution in [0.4, 0.5) is 5.69 Å². The Balaban J connectivity index is 1.60. The van der Waals surface area contributed by atoms with Gasteiger partial charge in [0.1, 0.15) is 0 Å². The number of likely N-dealkylation sites (tertiary alicyclic amines) is 1. The van der Waals surface area contributed by atoms with Crippen molar-refractivity contribution in [1.29, 1.82) is 0 Å². The highest BCUT2D eigenvalue weighted by Gasteiger charge is 2.28. The van der Waals surface area contributed by atoms with Crippen LogP contribution in [-0.2, 0) is 4.79 Å². The molecule has 5 nitrogen and oxygen atoms in total. The number of ether oxygens (including phenoxy) is 2. The van der Waals surface area contributed by atoms with Gasteiger partial charge >= 0.3 is 0 Å².